The maximum atomic E-state index is 10.8. The average Bonchev–Trinajstić information content (AvgIpc) is 2.96. The van der Waals surface area contributed by atoms with Crippen LogP contribution in [0.1, 0.15) is 11.1 Å². The van der Waals surface area contributed by atoms with Gasteiger partial charge in [0.05, 0.1) is 11.0 Å². The number of nitrogens with one attached hydrogen (secondary N) is 1. The number of aliphatic carboxylic acids is 1. The minimum Gasteiger partial charge on any atom is -0.480 e. The van der Waals surface area contributed by atoms with Crippen molar-refractivity contribution in [1.29, 1.82) is 0 Å². The topological polar surface area (TPSA) is 92.0 Å². The van der Waals surface area contributed by atoms with Crippen molar-refractivity contribution in [3.05, 3.63) is 59.7 Å². The van der Waals surface area contributed by atoms with E-state index < -0.39 is 12.0 Å². The van der Waals surface area contributed by atoms with Crippen molar-refractivity contribution in [2.45, 2.75) is 23.4 Å². The highest BCUT2D eigenvalue weighted by Gasteiger charge is 2.12. The van der Waals surface area contributed by atoms with Crippen molar-refractivity contribution < 1.29 is 9.90 Å². The van der Waals surface area contributed by atoms with Crippen LogP contribution in [0.2, 0.25) is 0 Å². The smallest absolute Gasteiger partial charge is 0.320 e. The van der Waals surface area contributed by atoms with Crippen LogP contribution >= 0.6 is 11.8 Å². The van der Waals surface area contributed by atoms with E-state index in [4.69, 9.17) is 10.8 Å². The number of nitrogens with zero attached hydrogens (tertiary/aromatic N) is 1. The average molecular weight is 327 g/mol. The summed E-state index contributed by atoms with van der Waals surface area (Å²) >= 11 is 1.62. The molecular weight excluding hydrogens is 310 g/mol. The van der Waals surface area contributed by atoms with Crippen LogP contribution < -0.4 is 5.73 Å². The zero-order valence-electron chi connectivity index (χ0n) is 12.4. The molecule has 2 aromatic carbocycles. The monoisotopic (exact) mass is 327 g/mol. The van der Waals surface area contributed by atoms with Gasteiger partial charge < -0.3 is 15.8 Å². The maximum absolute atomic E-state index is 10.8. The van der Waals surface area contributed by atoms with Crippen molar-refractivity contribution in [1.82, 2.24) is 9.97 Å². The quantitative estimate of drug-likeness (QED) is 0.606. The molecule has 118 valence electrons. The Labute approximate surface area is 137 Å². The highest BCUT2D eigenvalue weighted by Crippen LogP contribution is 2.23. The van der Waals surface area contributed by atoms with Gasteiger partial charge in [-0.15, -0.1) is 0 Å². The van der Waals surface area contributed by atoms with E-state index >= 15 is 0 Å². The third-order valence-corrected chi connectivity index (χ3v) is 4.45. The number of rotatable bonds is 6. The van der Waals surface area contributed by atoms with Gasteiger partial charge in [-0.3, -0.25) is 4.79 Å². The van der Waals surface area contributed by atoms with E-state index in [-0.39, 0.29) is 0 Å². The van der Waals surface area contributed by atoms with Gasteiger partial charge in [0.25, 0.3) is 0 Å². The second-order valence-electron chi connectivity index (χ2n) is 5.32. The van der Waals surface area contributed by atoms with E-state index in [1.54, 1.807) is 11.8 Å². The molecule has 0 saturated heterocycles. The van der Waals surface area contributed by atoms with E-state index in [1.807, 2.05) is 48.5 Å². The predicted molar refractivity (Wildman–Crippen MR) is 91.4 cm³/mol. The number of hydrogen-bond donors (Lipinski definition) is 3. The number of carboxylic acids is 1. The number of H-pyrrole nitrogens is 1. The van der Waals surface area contributed by atoms with Crippen LogP contribution in [0.5, 0.6) is 0 Å². The zero-order chi connectivity index (χ0) is 16.2. The first kappa shape index (κ1) is 15.6. The lowest BCUT2D eigenvalue weighted by molar-refractivity contribution is -0.138. The first-order valence-electron chi connectivity index (χ1n) is 7.25. The summed E-state index contributed by atoms with van der Waals surface area (Å²) in [7, 11) is 0. The van der Waals surface area contributed by atoms with Gasteiger partial charge in [0.15, 0.2) is 5.16 Å². The Hall–Kier alpha value is -2.31. The number of aromatic amines is 1. The molecule has 0 radical (unpaired) electrons. The second-order valence-corrected chi connectivity index (χ2v) is 6.28. The van der Waals surface area contributed by atoms with Crippen LogP contribution in [-0.4, -0.2) is 27.1 Å². The predicted octanol–water partition coefficient (Wildman–Crippen LogP) is 2.81. The molecule has 0 aliphatic carbocycles. The number of hydrogen-bond acceptors (Lipinski definition) is 4. The number of nitrogens with two attached hydrogens (primary N) is 1. The number of aromatic nitrogens is 2. The van der Waals surface area contributed by atoms with E-state index in [2.05, 4.69) is 9.97 Å². The summed E-state index contributed by atoms with van der Waals surface area (Å²) in [5.41, 5.74) is 9.62. The Morgan fingerprint density at radius 3 is 2.78 bits per heavy atom. The van der Waals surface area contributed by atoms with Gasteiger partial charge in [-0.2, -0.15) is 0 Å². The van der Waals surface area contributed by atoms with Gasteiger partial charge in [-0.05, 0) is 29.7 Å². The summed E-state index contributed by atoms with van der Waals surface area (Å²) in [5, 5.41) is 9.77. The second kappa shape index (κ2) is 6.85. The first-order chi connectivity index (χ1) is 11.1. The van der Waals surface area contributed by atoms with E-state index in [1.165, 1.54) is 0 Å². The van der Waals surface area contributed by atoms with Crippen molar-refractivity contribution in [3.8, 4) is 0 Å². The third-order valence-electron chi connectivity index (χ3n) is 3.51. The molecule has 0 unspecified atom stereocenters. The van der Waals surface area contributed by atoms with Gasteiger partial charge in [-0.1, -0.05) is 48.2 Å². The number of imidazole rings is 1. The van der Waals surface area contributed by atoms with Crippen LogP contribution in [0.3, 0.4) is 0 Å². The minimum absolute atomic E-state index is 0.332. The Balaban J connectivity index is 1.67. The maximum Gasteiger partial charge on any atom is 0.320 e. The molecule has 1 heterocycles. The lowest BCUT2D eigenvalue weighted by Crippen LogP contribution is -2.32. The Kier molecular flexibility index (Phi) is 4.64. The molecule has 0 amide bonds. The molecule has 4 N–H and O–H groups in total. The molecule has 3 aromatic rings. The van der Waals surface area contributed by atoms with E-state index in [9.17, 15) is 4.79 Å². The van der Waals surface area contributed by atoms with E-state index in [0.717, 1.165) is 33.1 Å². The SMILES string of the molecule is N[C@@H](Cc1cccc(CSc2nc3ccccc3[nH]2)c1)C(=O)O. The summed E-state index contributed by atoms with van der Waals surface area (Å²) in [6.07, 6.45) is 0.332. The largest absolute Gasteiger partial charge is 0.480 e. The molecule has 23 heavy (non-hydrogen) atoms. The normalized spacial score (nSPS) is 12.4. The fourth-order valence-electron chi connectivity index (χ4n) is 2.34. The highest BCUT2D eigenvalue weighted by molar-refractivity contribution is 7.98. The van der Waals surface area contributed by atoms with Crippen molar-refractivity contribution in [3.63, 3.8) is 0 Å². The lowest BCUT2D eigenvalue weighted by Gasteiger charge is -2.08. The highest BCUT2D eigenvalue weighted by atomic mass is 32.2. The first-order valence-corrected chi connectivity index (χ1v) is 8.24. The molecule has 0 bridgehead atoms. The van der Waals surface area contributed by atoms with E-state index in [0.29, 0.717) is 6.42 Å². The molecule has 1 aromatic heterocycles. The lowest BCUT2D eigenvalue weighted by atomic mass is 10.0. The number of carbonyl (C=O) groups is 1. The molecule has 1 atom stereocenters. The van der Waals surface area contributed by atoms with Crippen molar-refractivity contribution in [2.24, 2.45) is 5.73 Å². The number of fused-ring (bicyclic) bond motifs is 1. The number of thioether (sulfide) groups is 1. The Bertz CT molecular complexity index is 798. The molecular formula is C17H17N3O2S. The molecule has 5 nitrogen and oxygen atoms in total. The molecule has 0 spiro atoms. The van der Waals surface area contributed by atoms with Crippen LogP contribution in [-0.2, 0) is 17.0 Å². The fraction of sp³-hybridized carbons (Fsp3) is 0.176. The summed E-state index contributed by atoms with van der Waals surface area (Å²) in [4.78, 5) is 18.7. The number of para-hydroxylation sites is 2. The number of benzene rings is 2. The molecule has 6 heteroatoms. The summed E-state index contributed by atoms with van der Waals surface area (Å²) in [6, 6.07) is 14.9. The van der Waals surface area contributed by atoms with Crippen LogP contribution in [0.4, 0.5) is 0 Å². The van der Waals surface area contributed by atoms with Gasteiger partial charge in [-0.25, -0.2) is 4.98 Å². The molecule has 0 aliphatic rings. The summed E-state index contributed by atoms with van der Waals surface area (Å²) in [6.45, 7) is 0. The van der Waals surface area contributed by atoms with Crippen LogP contribution in [0.25, 0.3) is 11.0 Å². The molecule has 0 fully saturated rings. The Morgan fingerprint density at radius 1 is 1.22 bits per heavy atom. The third kappa shape index (κ3) is 3.91. The minimum atomic E-state index is -0.980. The number of carboxylic acid groups (broad SMARTS) is 1. The van der Waals surface area contributed by atoms with Crippen LogP contribution in [0.15, 0.2) is 53.7 Å². The van der Waals surface area contributed by atoms with Crippen LogP contribution in [0, 0.1) is 0 Å². The molecule has 3 rings (SSSR count). The van der Waals surface area contributed by atoms with Gasteiger partial charge in [0.2, 0.25) is 0 Å². The zero-order valence-corrected chi connectivity index (χ0v) is 13.2. The van der Waals surface area contributed by atoms with Crippen molar-refractivity contribution >= 4 is 28.8 Å². The van der Waals surface area contributed by atoms with Gasteiger partial charge in [0.1, 0.15) is 6.04 Å². The van der Waals surface area contributed by atoms with Gasteiger partial charge >= 0.3 is 5.97 Å². The summed E-state index contributed by atoms with van der Waals surface area (Å²) in [5.74, 6) is -0.220. The Morgan fingerprint density at radius 2 is 2.00 bits per heavy atom. The molecule has 0 saturated carbocycles. The standard InChI is InChI=1S/C17H17N3O2S/c18-13(16(21)22)9-11-4-3-5-12(8-11)10-23-17-19-14-6-1-2-7-15(14)20-17/h1-8,13H,9-10,18H2,(H,19,20)(H,21,22)/t13-/m0/s1. The summed E-state index contributed by atoms with van der Waals surface area (Å²) < 4.78 is 0. The molecule has 0 aliphatic heterocycles. The van der Waals surface area contributed by atoms with Gasteiger partial charge in [0, 0.05) is 5.75 Å². The van der Waals surface area contributed by atoms with Crippen molar-refractivity contribution in [2.75, 3.05) is 0 Å². The fourth-order valence-corrected chi connectivity index (χ4v) is 3.17.